The van der Waals surface area contributed by atoms with Crippen molar-refractivity contribution in [3.63, 3.8) is 0 Å². The summed E-state index contributed by atoms with van der Waals surface area (Å²) in [5.74, 6) is -4.98. The summed E-state index contributed by atoms with van der Waals surface area (Å²) in [6.07, 6.45) is -7.65. The number of pyridine rings is 2. The summed E-state index contributed by atoms with van der Waals surface area (Å²) in [6.45, 7) is 1.23. The van der Waals surface area contributed by atoms with Gasteiger partial charge in [0.05, 0.1) is 41.3 Å². The van der Waals surface area contributed by atoms with Crippen molar-refractivity contribution in [1.29, 1.82) is 0 Å². The predicted molar refractivity (Wildman–Crippen MR) is 240 cm³/mol. The number of carboxylic acid groups (broad SMARTS) is 1. The van der Waals surface area contributed by atoms with Crippen LogP contribution in [-0.2, 0) is 86.0 Å². The molecule has 0 unspecified atom stereocenters. The van der Waals surface area contributed by atoms with Crippen LogP contribution in [0.15, 0.2) is 53.3 Å². The van der Waals surface area contributed by atoms with Crippen LogP contribution in [0.25, 0.3) is 22.3 Å². The molecule has 4 amide bonds. The van der Waals surface area contributed by atoms with E-state index in [1.807, 2.05) is 6.07 Å². The number of aryl methyl sites for hydroxylation is 1. The van der Waals surface area contributed by atoms with Crippen LogP contribution in [0.2, 0.25) is 0 Å². The number of aliphatic hydroxyl groups excluding tert-OH is 3. The van der Waals surface area contributed by atoms with Crippen molar-refractivity contribution in [1.82, 2.24) is 19.8 Å². The van der Waals surface area contributed by atoms with E-state index in [0.717, 1.165) is 22.6 Å². The van der Waals surface area contributed by atoms with Crippen molar-refractivity contribution in [2.24, 2.45) is 0 Å². The van der Waals surface area contributed by atoms with Crippen molar-refractivity contribution in [3.8, 4) is 22.9 Å². The molecule has 7 heterocycles. The summed E-state index contributed by atoms with van der Waals surface area (Å²) in [4.78, 5) is 107. The molecular formula is C48H47N5O18. The number of nitrogens with zero attached hydrogens (tertiary/aromatic N) is 3. The van der Waals surface area contributed by atoms with Gasteiger partial charge in [-0.2, -0.15) is 0 Å². The molecule has 5 aliphatic rings. The highest BCUT2D eigenvalue weighted by molar-refractivity contribution is 6.13. The second-order valence-electron chi connectivity index (χ2n) is 17.5. The summed E-state index contributed by atoms with van der Waals surface area (Å²) in [6, 6.07) is 9.57. The molecule has 2 aromatic carbocycles. The van der Waals surface area contributed by atoms with Gasteiger partial charge in [0.15, 0.2) is 11.7 Å². The number of benzene rings is 2. The number of hydrogen-bond acceptors (Lipinski definition) is 18. The molecule has 71 heavy (non-hydrogen) atoms. The Hall–Kier alpha value is -7.57. The van der Waals surface area contributed by atoms with E-state index in [1.54, 1.807) is 19.1 Å². The van der Waals surface area contributed by atoms with E-state index in [2.05, 4.69) is 10.6 Å². The highest BCUT2D eigenvalue weighted by atomic mass is 16.7. The quantitative estimate of drug-likeness (QED) is 0.0494. The van der Waals surface area contributed by atoms with E-state index in [0.29, 0.717) is 57.8 Å². The number of anilines is 1. The number of carbonyl (C=O) groups excluding carboxylic acids is 6. The van der Waals surface area contributed by atoms with Gasteiger partial charge in [0, 0.05) is 79.1 Å². The van der Waals surface area contributed by atoms with Crippen molar-refractivity contribution in [2.45, 2.75) is 102 Å². The highest BCUT2D eigenvalue weighted by Crippen LogP contribution is 2.42. The number of aliphatic carboxylic acids is 1. The molecule has 2 aromatic heterocycles. The van der Waals surface area contributed by atoms with E-state index in [-0.39, 0.29) is 87.5 Å². The summed E-state index contributed by atoms with van der Waals surface area (Å²) in [5.41, 5.74) is 1.57. The maximum atomic E-state index is 14.0. The third-order valence-corrected chi connectivity index (χ3v) is 13.1. The average Bonchev–Trinajstić information content (AvgIpc) is 4.06. The molecule has 0 saturated carbocycles. The van der Waals surface area contributed by atoms with Gasteiger partial charge in [-0.3, -0.25) is 33.7 Å². The second-order valence-corrected chi connectivity index (χ2v) is 17.5. The molecule has 9 rings (SSSR count). The second kappa shape index (κ2) is 19.3. The van der Waals surface area contributed by atoms with Crippen LogP contribution in [0.3, 0.4) is 0 Å². The summed E-state index contributed by atoms with van der Waals surface area (Å²) in [5, 5.41) is 58.0. The van der Waals surface area contributed by atoms with Gasteiger partial charge in [-0.15, -0.1) is 0 Å². The molecule has 4 aromatic rings. The first kappa shape index (κ1) is 48.5. The Morgan fingerprint density at radius 2 is 1.69 bits per heavy atom. The zero-order valence-electron chi connectivity index (χ0n) is 37.9. The molecule has 0 radical (unpaired) electrons. The van der Waals surface area contributed by atoms with Crippen LogP contribution >= 0.6 is 0 Å². The van der Waals surface area contributed by atoms with E-state index in [1.165, 1.54) is 22.8 Å². The van der Waals surface area contributed by atoms with Gasteiger partial charge < -0.3 is 64.4 Å². The van der Waals surface area contributed by atoms with E-state index < -0.39 is 83.4 Å². The Labute approximate surface area is 401 Å². The van der Waals surface area contributed by atoms with Gasteiger partial charge in [0.25, 0.3) is 17.4 Å². The number of amides is 4. The third-order valence-electron chi connectivity index (χ3n) is 13.1. The standard InChI is InChI=1S/C48H47N5O18/c1-2-48(66)28-17-31-39-25(19-53(31)44(62)27(28)21-69-47(48)65)26(24-16-23-11-14-67-33(23)18-29(24)51-39)20-68-38(58)8-4-22-3-5-32(70-46-42(61)40(59)41(60)43(71-46)45(63)64)30(15-22)50-35(55)9-12-49-34(54)10-13-52-36(56)6-7-37(52)57/h3,5-7,15-18,40-43,46,59-61,66H,2,4,8-14,19-21H2,1H3,(H,49,54)(H,50,55)(H,63,64)/t40-,41-,42+,43-,46+,48-/m0/s1. The average molecular weight is 982 g/mol. The molecule has 23 heteroatoms. The number of carbonyl (C=O) groups is 7. The number of aromatic nitrogens is 2. The number of carboxylic acids is 1. The van der Waals surface area contributed by atoms with E-state index >= 15 is 0 Å². The van der Waals surface area contributed by atoms with Crippen LogP contribution in [-0.4, -0.2) is 132 Å². The number of aliphatic hydroxyl groups is 4. The molecule has 372 valence electrons. The number of nitrogens with one attached hydrogen (secondary N) is 2. The fourth-order valence-corrected chi connectivity index (χ4v) is 9.16. The summed E-state index contributed by atoms with van der Waals surface area (Å²) in [7, 11) is 0. The molecule has 0 spiro atoms. The molecule has 7 N–H and O–H groups in total. The first-order valence-electron chi connectivity index (χ1n) is 22.7. The van der Waals surface area contributed by atoms with Crippen LogP contribution in [0.4, 0.5) is 5.69 Å². The molecule has 0 aliphatic carbocycles. The first-order chi connectivity index (χ1) is 33.9. The van der Waals surface area contributed by atoms with E-state index in [4.69, 9.17) is 28.7 Å². The molecule has 5 aliphatic heterocycles. The number of cyclic esters (lactones) is 1. The van der Waals surface area contributed by atoms with Gasteiger partial charge >= 0.3 is 17.9 Å². The van der Waals surface area contributed by atoms with Crippen LogP contribution in [0.1, 0.15) is 66.0 Å². The van der Waals surface area contributed by atoms with Gasteiger partial charge in [-0.05, 0) is 48.2 Å². The lowest BCUT2D eigenvalue weighted by Crippen LogP contribution is -2.61. The minimum Gasteiger partial charge on any atom is -0.493 e. The maximum absolute atomic E-state index is 14.0. The number of imide groups is 1. The van der Waals surface area contributed by atoms with Crippen molar-refractivity contribution in [3.05, 3.63) is 92.3 Å². The van der Waals surface area contributed by atoms with Crippen LogP contribution in [0, 0.1) is 0 Å². The van der Waals surface area contributed by atoms with Gasteiger partial charge in [-0.1, -0.05) is 13.0 Å². The zero-order chi connectivity index (χ0) is 50.5. The lowest BCUT2D eigenvalue weighted by atomic mass is 9.86. The number of esters is 2. The van der Waals surface area contributed by atoms with Gasteiger partial charge in [0.2, 0.25) is 18.1 Å². The Balaban J connectivity index is 0.919. The maximum Gasteiger partial charge on any atom is 0.343 e. The number of ether oxygens (including phenoxy) is 5. The molecule has 1 fully saturated rings. The monoisotopic (exact) mass is 981 g/mol. The minimum absolute atomic E-state index is 0.0394. The van der Waals surface area contributed by atoms with Crippen LogP contribution < -0.4 is 25.7 Å². The third kappa shape index (κ3) is 9.20. The van der Waals surface area contributed by atoms with Gasteiger partial charge in [-0.25, -0.2) is 14.6 Å². The Morgan fingerprint density at radius 3 is 2.44 bits per heavy atom. The van der Waals surface area contributed by atoms with E-state index in [9.17, 15) is 63.9 Å². The summed E-state index contributed by atoms with van der Waals surface area (Å²) >= 11 is 0. The molecular weight excluding hydrogens is 935 g/mol. The summed E-state index contributed by atoms with van der Waals surface area (Å²) < 4.78 is 29.5. The topological polar surface area (TPSA) is 329 Å². The lowest BCUT2D eigenvalue weighted by Gasteiger charge is -2.38. The smallest absolute Gasteiger partial charge is 0.343 e. The minimum atomic E-state index is -2.04. The first-order valence-corrected chi connectivity index (χ1v) is 22.7. The molecule has 0 bridgehead atoms. The molecule has 1 saturated heterocycles. The number of hydrogen-bond donors (Lipinski definition) is 7. The Bertz CT molecular complexity index is 3000. The fourth-order valence-electron chi connectivity index (χ4n) is 9.16. The number of fused-ring (bicyclic) bond motifs is 6. The van der Waals surface area contributed by atoms with Crippen molar-refractivity contribution >= 4 is 58.1 Å². The molecule has 23 nitrogen and oxygen atoms in total. The SMILES string of the molecule is CC[C@@]1(O)C(=O)OCc2c1cc1n(c2=O)Cc2c-1nc1cc3c(cc1c2COC(=O)CCc1ccc(O[C@@H]2O[C@H](C(=O)O)[C@@H](O)[C@H](O)[C@H]2O)c(NC(=O)CCNC(=O)CCN2C(=O)C=CC2=O)c1)CCO3. The molecule has 6 atom stereocenters. The van der Waals surface area contributed by atoms with Crippen molar-refractivity contribution < 1.29 is 82.8 Å². The predicted octanol–water partition coefficient (Wildman–Crippen LogP) is -0.279. The Morgan fingerprint density at radius 1 is 0.915 bits per heavy atom. The normalized spacial score (nSPS) is 22.8. The van der Waals surface area contributed by atoms with Gasteiger partial charge in [0.1, 0.15) is 43.0 Å². The fraction of sp³-hybridized carbons (Fsp3) is 0.396. The largest absolute Gasteiger partial charge is 0.493 e. The Kier molecular flexibility index (Phi) is 13.2. The lowest BCUT2D eigenvalue weighted by molar-refractivity contribution is -0.271. The van der Waals surface area contributed by atoms with Crippen molar-refractivity contribution in [2.75, 3.05) is 25.0 Å². The van der Waals surface area contributed by atoms with Crippen LogP contribution in [0.5, 0.6) is 11.5 Å². The number of rotatable bonds is 16. The zero-order valence-corrected chi connectivity index (χ0v) is 37.9. The highest BCUT2D eigenvalue weighted by Gasteiger charge is 2.49.